The number of nitrogens with zero attached hydrogens (tertiary/aromatic N) is 5. The van der Waals surface area contributed by atoms with E-state index in [9.17, 15) is 10.1 Å². The highest BCUT2D eigenvalue weighted by molar-refractivity contribution is 5.39. The van der Waals surface area contributed by atoms with Crippen LogP contribution in [0.2, 0.25) is 0 Å². The molecule has 0 amide bonds. The van der Waals surface area contributed by atoms with Gasteiger partial charge in [-0.15, -0.1) is 0 Å². The van der Waals surface area contributed by atoms with E-state index in [2.05, 4.69) is 20.3 Å². The smallest absolute Gasteiger partial charge is 0.309 e. The Labute approximate surface area is 122 Å². The number of hydrogen-bond acceptors (Lipinski definition) is 6. The molecule has 2 aromatic heterocycles. The molecule has 8 nitrogen and oxygen atoms in total. The maximum atomic E-state index is 11.1. The van der Waals surface area contributed by atoms with E-state index >= 15 is 0 Å². The molecular formula is C13H18N6O2. The van der Waals surface area contributed by atoms with Gasteiger partial charge in [-0.25, -0.2) is 15.0 Å². The maximum Gasteiger partial charge on any atom is 0.309 e. The van der Waals surface area contributed by atoms with Gasteiger partial charge in [0, 0.05) is 25.5 Å². The first-order valence-corrected chi connectivity index (χ1v) is 6.89. The molecule has 0 unspecified atom stereocenters. The van der Waals surface area contributed by atoms with E-state index in [1.54, 1.807) is 6.20 Å². The van der Waals surface area contributed by atoms with Crippen LogP contribution in [-0.2, 0) is 13.0 Å². The van der Waals surface area contributed by atoms with E-state index < -0.39 is 4.92 Å². The summed E-state index contributed by atoms with van der Waals surface area (Å²) >= 11 is 0. The van der Waals surface area contributed by atoms with Crippen LogP contribution in [0.15, 0.2) is 18.6 Å². The number of nitro groups is 1. The van der Waals surface area contributed by atoms with E-state index in [1.807, 2.05) is 24.6 Å². The van der Waals surface area contributed by atoms with Crippen molar-refractivity contribution in [1.82, 2.24) is 19.5 Å². The molecule has 0 aliphatic carbocycles. The summed E-state index contributed by atoms with van der Waals surface area (Å²) < 4.78 is 1.94. The predicted octanol–water partition coefficient (Wildman–Crippen LogP) is 2.01. The van der Waals surface area contributed by atoms with Crippen LogP contribution in [0.1, 0.15) is 31.8 Å². The fraction of sp³-hybridized carbons (Fsp3) is 0.462. The van der Waals surface area contributed by atoms with Gasteiger partial charge < -0.3 is 9.88 Å². The second kappa shape index (κ2) is 6.78. The fourth-order valence-corrected chi connectivity index (χ4v) is 1.96. The van der Waals surface area contributed by atoms with Crippen molar-refractivity contribution in [2.45, 2.75) is 33.2 Å². The van der Waals surface area contributed by atoms with Crippen LogP contribution in [0.4, 0.5) is 11.6 Å². The number of anilines is 1. The van der Waals surface area contributed by atoms with E-state index in [1.165, 1.54) is 6.20 Å². The molecule has 112 valence electrons. The number of imidazole rings is 1. The lowest BCUT2D eigenvalue weighted by Crippen LogP contribution is -2.10. The first-order valence-electron chi connectivity index (χ1n) is 6.89. The lowest BCUT2D eigenvalue weighted by molar-refractivity contribution is -0.386. The van der Waals surface area contributed by atoms with Gasteiger partial charge in [-0.05, 0) is 13.3 Å². The zero-order valence-corrected chi connectivity index (χ0v) is 12.1. The third-order valence-corrected chi connectivity index (χ3v) is 3.04. The Morgan fingerprint density at radius 3 is 2.86 bits per heavy atom. The van der Waals surface area contributed by atoms with Crippen LogP contribution < -0.4 is 5.32 Å². The van der Waals surface area contributed by atoms with Gasteiger partial charge >= 0.3 is 5.69 Å². The Kier molecular flexibility index (Phi) is 4.81. The largest absolute Gasteiger partial charge is 0.354 e. The monoisotopic (exact) mass is 290 g/mol. The summed E-state index contributed by atoms with van der Waals surface area (Å²) in [6.07, 6.45) is 6.01. The molecule has 0 bridgehead atoms. The van der Waals surface area contributed by atoms with Gasteiger partial charge in [-0.3, -0.25) is 10.1 Å². The molecule has 0 aliphatic rings. The second-order valence-corrected chi connectivity index (χ2v) is 4.52. The Bertz CT molecular complexity index is 625. The quantitative estimate of drug-likeness (QED) is 0.618. The number of hydrogen-bond donors (Lipinski definition) is 1. The predicted molar refractivity (Wildman–Crippen MR) is 78.2 cm³/mol. The van der Waals surface area contributed by atoms with Gasteiger partial charge in [0.25, 0.3) is 0 Å². The highest BCUT2D eigenvalue weighted by Crippen LogP contribution is 2.19. The molecule has 1 N–H and O–H groups in total. The van der Waals surface area contributed by atoms with Crippen molar-refractivity contribution in [3.05, 3.63) is 40.2 Å². The Balaban J connectivity index is 2.32. The molecule has 0 fully saturated rings. The average molecular weight is 290 g/mol. The fourth-order valence-electron chi connectivity index (χ4n) is 1.96. The highest BCUT2D eigenvalue weighted by Gasteiger charge is 2.19. The molecule has 0 aliphatic heterocycles. The van der Waals surface area contributed by atoms with Crippen molar-refractivity contribution in [3.8, 4) is 0 Å². The minimum atomic E-state index is -0.460. The number of rotatable bonds is 7. The molecule has 21 heavy (non-hydrogen) atoms. The van der Waals surface area contributed by atoms with Crippen LogP contribution in [0.5, 0.6) is 0 Å². The zero-order valence-electron chi connectivity index (χ0n) is 12.1. The van der Waals surface area contributed by atoms with Crippen molar-refractivity contribution < 1.29 is 4.92 Å². The topological polar surface area (TPSA) is 98.8 Å². The molecule has 0 saturated carbocycles. The van der Waals surface area contributed by atoms with E-state index in [0.29, 0.717) is 18.1 Å². The first kappa shape index (κ1) is 14.9. The average Bonchev–Trinajstić information content (AvgIpc) is 2.92. The summed E-state index contributed by atoms with van der Waals surface area (Å²) in [4.78, 5) is 23.1. The number of nitrogens with one attached hydrogen (secondary N) is 1. The Morgan fingerprint density at radius 1 is 1.38 bits per heavy atom. The van der Waals surface area contributed by atoms with E-state index in [-0.39, 0.29) is 5.69 Å². The van der Waals surface area contributed by atoms with Gasteiger partial charge in [-0.1, -0.05) is 6.92 Å². The molecule has 0 saturated heterocycles. The lowest BCUT2D eigenvalue weighted by atomic mass is 10.2. The third kappa shape index (κ3) is 3.53. The second-order valence-electron chi connectivity index (χ2n) is 4.52. The molecule has 2 heterocycles. The summed E-state index contributed by atoms with van der Waals surface area (Å²) in [5, 5.41) is 14.1. The van der Waals surface area contributed by atoms with Crippen molar-refractivity contribution in [3.63, 3.8) is 0 Å². The molecule has 0 radical (unpaired) electrons. The normalized spacial score (nSPS) is 10.6. The highest BCUT2D eigenvalue weighted by atomic mass is 16.6. The van der Waals surface area contributed by atoms with Crippen molar-refractivity contribution in [2.24, 2.45) is 0 Å². The van der Waals surface area contributed by atoms with Crippen molar-refractivity contribution in [2.75, 3.05) is 11.9 Å². The first-order chi connectivity index (χ1) is 10.2. The minimum Gasteiger partial charge on any atom is -0.354 e. The molecule has 0 atom stereocenters. The molecule has 2 rings (SSSR count). The van der Waals surface area contributed by atoms with Gasteiger partial charge in [0.05, 0.1) is 11.3 Å². The summed E-state index contributed by atoms with van der Waals surface area (Å²) in [5.74, 6) is 1.16. The molecule has 0 spiro atoms. The molecule has 8 heteroatoms. The van der Waals surface area contributed by atoms with E-state index in [0.717, 1.165) is 25.3 Å². The summed E-state index contributed by atoms with van der Waals surface area (Å²) in [7, 11) is 0. The maximum absolute atomic E-state index is 11.1. The number of aromatic nitrogens is 4. The van der Waals surface area contributed by atoms with Crippen molar-refractivity contribution in [1.29, 1.82) is 0 Å². The van der Waals surface area contributed by atoms with Gasteiger partial charge in [0.15, 0.2) is 0 Å². The summed E-state index contributed by atoms with van der Waals surface area (Å²) in [6, 6.07) is 0. The lowest BCUT2D eigenvalue weighted by Gasteiger charge is -2.07. The van der Waals surface area contributed by atoms with Crippen molar-refractivity contribution >= 4 is 11.6 Å². The van der Waals surface area contributed by atoms with Crippen LogP contribution in [0.25, 0.3) is 0 Å². The SMILES string of the molecule is CCCNc1ncc([N+](=O)[O-])c(Cc2nccn2CC)n1. The summed E-state index contributed by atoms with van der Waals surface area (Å²) in [6.45, 7) is 5.50. The van der Waals surface area contributed by atoms with Crippen LogP contribution in [0.3, 0.4) is 0 Å². The van der Waals surface area contributed by atoms with Crippen LogP contribution >= 0.6 is 0 Å². The van der Waals surface area contributed by atoms with Crippen LogP contribution in [0, 0.1) is 10.1 Å². The summed E-state index contributed by atoms with van der Waals surface area (Å²) in [5.41, 5.74) is 0.289. The molecule has 2 aromatic rings. The third-order valence-electron chi connectivity index (χ3n) is 3.04. The zero-order chi connectivity index (χ0) is 15.2. The standard InChI is InChI=1S/C13H18N6O2/c1-3-5-15-13-16-9-11(19(20)21)10(17-13)8-12-14-6-7-18(12)4-2/h6-7,9H,3-5,8H2,1-2H3,(H,15,16,17). The van der Waals surface area contributed by atoms with Gasteiger partial charge in [-0.2, -0.15) is 0 Å². The Hall–Kier alpha value is -2.51. The minimum absolute atomic E-state index is 0.0808. The molecule has 0 aromatic carbocycles. The van der Waals surface area contributed by atoms with E-state index in [4.69, 9.17) is 0 Å². The van der Waals surface area contributed by atoms with Crippen LogP contribution in [-0.4, -0.2) is 31.0 Å². The van der Waals surface area contributed by atoms with Gasteiger partial charge in [0.2, 0.25) is 5.95 Å². The van der Waals surface area contributed by atoms with Gasteiger partial charge in [0.1, 0.15) is 17.7 Å². The Morgan fingerprint density at radius 2 is 2.19 bits per heavy atom. The molecular weight excluding hydrogens is 272 g/mol. The number of aryl methyl sites for hydroxylation is 1.